The van der Waals surface area contributed by atoms with Crippen molar-refractivity contribution in [3.05, 3.63) is 0 Å². The van der Waals surface area contributed by atoms with Crippen LogP contribution in [0.25, 0.3) is 0 Å². The summed E-state index contributed by atoms with van der Waals surface area (Å²) < 4.78 is 23.1. The molecule has 0 unspecified atom stereocenters. The first-order valence-electron chi connectivity index (χ1n) is 5.69. The topological polar surface area (TPSA) is 38.8 Å². The van der Waals surface area contributed by atoms with E-state index in [4.69, 9.17) is 9.05 Å². The van der Waals surface area contributed by atoms with E-state index in [2.05, 4.69) is 11.9 Å². The summed E-state index contributed by atoms with van der Waals surface area (Å²) in [6.07, 6.45) is 1.82. The lowest BCUT2D eigenvalue weighted by atomic mass is 10.1. The fourth-order valence-electron chi connectivity index (χ4n) is 1.92. The minimum absolute atomic E-state index is 0.0913. The number of hydrogen-bond donors (Lipinski definition) is 0. The first-order chi connectivity index (χ1) is 7.12. The molecule has 15 heavy (non-hydrogen) atoms. The molecule has 0 atom stereocenters. The molecule has 1 fully saturated rings. The van der Waals surface area contributed by atoms with Gasteiger partial charge in [-0.05, 0) is 46.8 Å². The summed E-state index contributed by atoms with van der Waals surface area (Å²) in [5, 5.41) is 0. The number of piperidine rings is 1. The predicted molar refractivity (Wildman–Crippen MR) is 61.4 cm³/mol. The number of hydrogen-bond acceptors (Lipinski definition) is 4. The zero-order chi connectivity index (χ0) is 11.3. The number of nitrogens with zero attached hydrogens (tertiary/aromatic N) is 1. The highest BCUT2D eigenvalue weighted by Crippen LogP contribution is 2.56. The first-order valence-corrected chi connectivity index (χ1v) is 7.31. The van der Waals surface area contributed by atoms with E-state index in [1.54, 1.807) is 0 Å². The highest BCUT2D eigenvalue weighted by Gasteiger charge is 2.36. The van der Waals surface area contributed by atoms with Crippen LogP contribution in [0.2, 0.25) is 0 Å². The lowest BCUT2D eigenvalue weighted by Crippen LogP contribution is -2.33. The second-order valence-corrected chi connectivity index (χ2v) is 6.24. The van der Waals surface area contributed by atoms with Gasteiger partial charge < -0.3 is 13.9 Å². The van der Waals surface area contributed by atoms with Gasteiger partial charge in [0, 0.05) is 0 Å². The fourth-order valence-corrected chi connectivity index (χ4v) is 4.00. The standard InChI is InChI=1S/C10H22NO3P/c1-4-13-15(12,14-5-2)10-6-8-11(3)9-7-10/h10H,4-9H2,1-3H3. The molecule has 0 aromatic carbocycles. The molecule has 0 aromatic heterocycles. The Kier molecular flexibility index (Phi) is 5.27. The van der Waals surface area contributed by atoms with E-state index in [1.165, 1.54) is 0 Å². The summed E-state index contributed by atoms with van der Waals surface area (Å²) in [5.41, 5.74) is 0.0913. The van der Waals surface area contributed by atoms with Crippen molar-refractivity contribution in [1.82, 2.24) is 4.90 Å². The summed E-state index contributed by atoms with van der Waals surface area (Å²) in [6.45, 7) is 6.61. The second-order valence-electron chi connectivity index (χ2n) is 3.91. The van der Waals surface area contributed by atoms with E-state index >= 15 is 0 Å². The minimum Gasteiger partial charge on any atom is -0.309 e. The maximum absolute atomic E-state index is 12.4. The monoisotopic (exact) mass is 235 g/mol. The Bertz CT molecular complexity index is 217. The molecule has 0 saturated carbocycles. The summed E-state index contributed by atoms with van der Waals surface area (Å²) in [4.78, 5) is 2.25. The van der Waals surface area contributed by atoms with Gasteiger partial charge in [-0.2, -0.15) is 0 Å². The molecule has 0 amide bonds. The molecule has 1 saturated heterocycles. The van der Waals surface area contributed by atoms with Gasteiger partial charge in [0.1, 0.15) is 0 Å². The molecule has 0 bridgehead atoms. The third-order valence-electron chi connectivity index (χ3n) is 2.75. The van der Waals surface area contributed by atoms with Crippen molar-refractivity contribution in [2.45, 2.75) is 32.3 Å². The molecule has 1 rings (SSSR count). The summed E-state index contributed by atoms with van der Waals surface area (Å²) >= 11 is 0. The molecule has 5 heteroatoms. The van der Waals surface area contributed by atoms with Crippen molar-refractivity contribution in [3.8, 4) is 0 Å². The van der Waals surface area contributed by atoms with Gasteiger partial charge >= 0.3 is 7.60 Å². The van der Waals surface area contributed by atoms with E-state index in [1.807, 2.05) is 13.8 Å². The van der Waals surface area contributed by atoms with Crippen LogP contribution in [0.4, 0.5) is 0 Å². The molecule has 1 heterocycles. The Balaban J connectivity index is 2.59. The largest absolute Gasteiger partial charge is 0.333 e. The number of likely N-dealkylation sites (tertiary alicyclic amines) is 1. The van der Waals surface area contributed by atoms with Gasteiger partial charge in [0.25, 0.3) is 0 Å². The van der Waals surface area contributed by atoms with Crippen LogP contribution in [0, 0.1) is 0 Å². The SMILES string of the molecule is CCOP(=O)(OCC)C1CCN(C)CC1. The lowest BCUT2D eigenvalue weighted by molar-refractivity contribution is 0.192. The molecule has 0 aliphatic carbocycles. The van der Waals surface area contributed by atoms with E-state index in [0.717, 1.165) is 25.9 Å². The molecule has 0 N–H and O–H groups in total. The Labute approximate surface area is 92.5 Å². The van der Waals surface area contributed by atoms with Crippen LogP contribution >= 0.6 is 7.60 Å². The summed E-state index contributed by atoms with van der Waals surface area (Å²) in [6, 6.07) is 0. The Morgan fingerprint density at radius 2 is 1.67 bits per heavy atom. The molecule has 0 aromatic rings. The molecule has 1 aliphatic heterocycles. The molecule has 4 nitrogen and oxygen atoms in total. The average molecular weight is 235 g/mol. The van der Waals surface area contributed by atoms with Crippen molar-refractivity contribution in [2.24, 2.45) is 0 Å². The molecular weight excluding hydrogens is 213 g/mol. The normalized spacial score (nSPS) is 20.7. The van der Waals surface area contributed by atoms with Gasteiger partial charge in [0.15, 0.2) is 0 Å². The van der Waals surface area contributed by atoms with Gasteiger partial charge in [-0.1, -0.05) is 0 Å². The molecule has 0 radical (unpaired) electrons. The minimum atomic E-state index is -2.85. The highest BCUT2D eigenvalue weighted by atomic mass is 31.2. The van der Waals surface area contributed by atoms with Crippen molar-refractivity contribution in [2.75, 3.05) is 33.4 Å². The van der Waals surface area contributed by atoms with Gasteiger partial charge in [-0.3, -0.25) is 4.57 Å². The average Bonchev–Trinajstić information content (AvgIpc) is 2.19. The first kappa shape index (κ1) is 13.2. The third kappa shape index (κ3) is 3.56. The zero-order valence-corrected chi connectivity index (χ0v) is 10.8. The Morgan fingerprint density at radius 3 is 2.07 bits per heavy atom. The molecule has 0 spiro atoms. The van der Waals surface area contributed by atoms with Crippen molar-refractivity contribution >= 4 is 7.60 Å². The van der Waals surface area contributed by atoms with E-state index < -0.39 is 7.60 Å². The lowest BCUT2D eigenvalue weighted by Gasteiger charge is -2.32. The van der Waals surface area contributed by atoms with Crippen molar-refractivity contribution < 1.29 is 13.6 Å². The van der Waals surface area contributed by atoms with Crippen LogP contribution < -0.4 is 0 Å². The quantitative estimate of drug-likeness (QED) is 0.686. The van der Waals surface area contributed by atoms with E-state index in [-0.39, 0.29) is 5.66 Å². The summed E-state index contributed by atoms with van der Waals surface area (Å²) in [7, 11) is -0.762. The molecular formula is C10H22NO3P. The zero-order valence-electron chi connectivity index (χ0n) is 9.94. The highest BCUT2D eigenvalue weighted by molar-refractivity contribution is 7.54. The maximum atomic E-state index is 12.4. The molecule has 1 aliphatic rings. The van der Waals surface area contributed by atoms with Gasteiger partial charge in [-0.15, -0.1) is 0 Å². The smallest absolute Gasteiger partial charge is 0.309 e. The second kappa shape index (κ2) is 6.00. The Hall–Kier alpha value is 0.110. The van der Waals surface area contributed by atoms with Crippen molar-refractivity contribution in [3.63, 3.8) is 0 Å². The van der Waals surface area contributed by atoms with Crippen molar-refractivity contribution in [1.29, 1.82) is 0 Å². The van der Waals surface area contributed by atoms with Gasteiger partial charge in [-0.25, -0.2) is 0 Å². The maximum Gasteiger partial charge on any atom is 0.333 e. The van der Waals surface area contributed by atoms with Crippen LogP contribution in [0.5, 0.6) is 0 Å². The van der Waals surface area contributed by atoms with Gasteiger partial charge in [0.2, 0.25) is 0 Å². The van der Waals surface area contributed by atoms with Crippen LogP contribution in [-0.4, -0.2) is 43.9 Å². The fraction of sp³-hybridized carbons (Fsp3) is 1.00. The third-order valence-corrected chi connectivity index (χ3v) is 5.40. The van der Waals surface area contributed by atoms with Crippen LogP contribution in [0.3, 0.4) is 0 Å². The van der Waals surface area contributed by atoms with E-state index in [0.29, 0.717) is 13.2 Å². The van der Waals surface area contributed by atoms with Crippen LogP contribution in [0.15, 0.2) is 0 Å². The van der Waals surface area contributed by atoms with Crippen LogP contribution in [-0.2, 0) is 13.6 Å². The Morgan fingerprint density at radius 1 is 1.20 bits per heavy atom. The summed E-state index contributed by atoms with van der Waals surface area (Å²) in [5.74, 6) is 0. The molecule has 90 valence electrons. The van der Waals surface area contributed by atoms with E-state index in [9.17, 15) is 4.57 Å². The van der Waals surface area contributed by atoms with Crippen LogP contribution in [0.1, 0.15) is 26.7 Å². The number of rotatable bonds is 5. The predicted octanol–water partition coefficient (Wildman–Crippen LogP) is 2.35. The van der Waals surface area contributed by atoms with Gasteiger partial charge in [0.05, 0.1) is 18.9 Å².